The summed E-state index contributed by atoms with van der Waals surface area (Å²) in [6, 6.07) is 7.72. The molecule has 3 aromatic heterocycles. The van der Waals surface area contributed by atoms with Crippen LogP contribution in [-0.2, 0) is 16.1 Å². The molecule has 0 spiro atoms. The third-order valence-electron chi connectivity index (χ3n) is 6.30. The average Bonchev–Trinajstić information content (AvgIpc) is 3.20. The Balaban J connectivity index is 1.31. The summed E-state index contributed by atoms with van der Waals surface area (Å²) in [7, 11) is 0. The summed E-state index contributed by atoms with van der Waals surface area (Å²) in [5.74, 6) is 0.636. The van der Waals surface area contributed by atoms with E-state index in [4.69, 9.17) is 30.8 Å². The van der Waals surface area contributed by atoms with E-state index >= 15 is 0 Å². The molecule has 9 nitrogen and oxygen atoms in total. The zero-order valence-electron chi connectivity index (χ0n) is 19.5. The van der Waals surface area contributed by atoms with E-state index < -0.39 is 0 Å². The van der Waals surface area contributed by atoms with Crippen molar-refractivity contribution in [2.24, 2.45) is 0 Å². The molecule has 0 saturated carbocycles. The monoisotopic (exact) mass is 525 g/mol. The number of pyridine rings is 1. The molecule has 2 aliphatic rings. The van der Waals surface area contributed by atoms with E-state index in [0.29, 0.717) is 48.6 Å². The molecular formula is C25H24ClN5O4S. The number of hydrogen-bond donors (Lipinski definition) is 2. The fraction of sp³-hybridized carbons (Fsp3) is 0.360. The summed E-state index contributed by atoms with van der Waals surface area (Å²) < 4.78 is 18.5. The SMILES string of the molecule is C[C@H]1CNc2c(sc3ccc4nc(Oc5nc(Cl)ncc5COC5CCOCC5)ccc4c23)C(=O)N1. The zero-order chi connectivity index (χ0) is 24.6. The van der Waals surface area contributed by atoms with Gasteiger partial charge in [-0.25, -0.2) is 9.97 Å². The molecule has 0 bridgehead atoms. The molecule has 2 N–H and O–H groups in total. The number of fused-ring (bicyclic) bond motifs is 5. The lowest BCUT2D eigenvalue weighted by Crippen LogP contribution is -2.34. The van der Waals surface area contributed by atoms with E-state index in [-0.39, 0.29) is 23.3 Å². The van der Waals surface area contributed by atoms with Gasteiger partial charge in [0.05, 0.1) is 29.5 Å². The minimum Gasteiger partial charge on any atom is -0.420 e. The van der Waals surface area contributed by atoms with Crippen LogP contribution in [0.5, 0.6) is 11.8 Å². The Morgan fingerprint density at radius 3 is 2.92 bits per heavy atom. The molecule has 1 saturated heterocycles. The molecule has 1 amide bonds. The van der Waals surface area contributed by atoms with Gasteiger partial charge in [0.25, 0.3) is 5.91 Å². The Morgan fingerprint density at radius 2 is 2.06 bits per heavy atom. The van der Waals surface area contributed by atoms with Gasteiger partial charge in [0, 0.05) is 53.5 Å². The maximum absolute atomic E-state index is 12.7. The number of carbonyl (C=O) groups is 1. The molecule has 11 heteroatoms. The smallest absolute Gasteiger partial charge is 0.263 e. The van der Waals surface area contributed by atoms with Crippen molar-refractivity contribution in [3.05, 3.63) is 46.2 Å². The van der Waals surface area contributed by atoms with Crippen LogP contribution in [-0.4, -0.2) is 52.8 Å². The zero-order valence-corrected chi connectivity index (χ0v) is 21.1. The Kier molecular flexibility index (Phi) is 6.34. The summed E-state index contributed by atoms with van der Waals surface area (Å²) >= 11 is 7.54. The van der Waals surface area contributed by atoms with Gasteiger partial charge >= 0.3 is 0 Å². The third-order valence-corrected chi connectivity index (χ3v) is 7.64. The van der Waals surface area contributed by atoms with Crippen LogP contribution >= 0.6 is 22.9 Å². The van der Waals surface area contributed by atoms with Gasteiger partial charge in [-0.3, -0.25) is 4.79 Å². The second kappa shape index (κ2) is 9.78. The van der Waals surface area contributed by atoms with Crippen LogP contribution in [0.2, 0.25) is 5.28 Å². The van der Waals surface area contributed by atoms with Crippen molar-refractivity contribution < 1.29 is 19.0 Å². The van der Waals surface area contributed by atoms with Gasteiger partial charge in [-0.1, -0.05) is 0 Å². The topological polar surface area (TPSA) is 107 Å². The van der Waals surface area contributed by atoms with Gasteiger partial charge < -0.3 is 24.8 Å². The van der Waals surface area contributed by atoms with Crippen LogP contribution in [0.25, 0.3) is 21.0 Å². The number of amides is 1. The van der Waals surface area contributed by atoms with Gasteiger partial charge in [0.15, 0.2) is 0 Å². The maximum atomic E-state index is 12.7. The fourth-order valence-electron chi connectivity index (χ4n) is 4.47. The molecule has 2 aliphatic heterocycles. The first-order chi connectivity index (χ1) is 17.5. The van der Waals surface area contributed by atoms with E-state index in [1.165, 1.54) is 11.3 Å². The number of nitrogens with zero attached hydrogens (tertiary/aromatic N) is 3. The average molecular weight is 526 g/mol. The highest BCUT2D eigenvalue weighted by atomic mass is 35.5. The van der Waals surface area contributed by atoms with Crippen molar-refractivity contribution >= 4 is 55.5 Å². The second-order valence-electron chi connectivity index (χ2n) is 8.91. The Morgan fingerprint density at radius 1 is 1.19 bits per heavy atom. The predicted molar refractivity (Wildman–Crippen MR) is 138 cm³/mol. The van der Waals surface area contributed by atoms with Crippen LogP contribution in [0.4, 0.5) is 5.69 Å². The van der Waals surface area contributed by atoms with Crippen LogP contribution < -0.4 is 15.4 Å². The Hall–Kier alpha value is -3.05. The van der Waals surface area contributed by atoms with Gasteiger partial charge in [0.1, 0.15) is 4.88 Å². The predicted octanol–water partition coefficient (Wildman–Crippen LogP) is 4.92. The maximum Gasteiger partial charge on any atom is 0.263 e. The standard InChI is InChI=1S/C25H24ClN5O4S/c1-13-10-27-21-20-16-2-5-19(30-17(16)3-4-18(20)36-22(21)23(32)29-13)35-24-14(11-28-25(26)31-24)12-34-15-6-8-33-9-7-15/h2-5,11,13,15,27H,6-10,12H2,1H3,(H,29,32)/t13-/m0/s1. The lowest BCUT2D eigenvalue weighted by molar-refractivity contribution is -0.0395. The first-order valence-corrected chi connectivity index (χ1v) is 13.0. The lowest BCUT2D eigenvalue weighted by atomic mass is 10.1. The van der Waals surface area contributed by atoms with E-state index in [2.05, 4.69) is 20.6 Å². The molecule has 186 valence electrons. The fourth-order valence-corrected chi connectivity index (χ4v) is 5.69. The first-order valence-electron chi connectivity index (χ1n) is 11.8. The number of thiophene rings is 1. The summed E-state index contributed by atoms with van der Waals surface area (Å²) in [6.45, 7) is 4.34. The Bertz CT molecular complexity index is 1460. The number of anilines is 1. The van der Waals surface area contributed by atoms with Crippen molar-refractivity contribution in [2.75, 3.05) is 25.1 Å². The number of hydrogen-bond acceptors (Lipinski definition) is 9. The minimum atomic E-state index is -0.0547. The number of ether oxygens (including phenoxy) is 3. The molecule has 1 aromatic carbocycles. The molecule has 0 aliphatic carbocycles. The van der Waals surface area contributed by atoms with Crippen LogP contribution in [0, 0.1) is 0 Å². The minimum absolute atomic E-state index is 0.0459. The number of aromatic nitrogens is 3. The molecule has 1 fully saturated rings. The highest BCUT2D eigenvalue weighted by Crippen LogP contribution is 2.41. The van der Waals surface area contributed by atoms with E-state index in [1.54, 1.807) is 12.3 Å². The van der Waals surface area contributed by atoms with Crippen molar-refractivity contribution in [2.45, 2.75) is 38.5 Å². The molecule has 0 radical (unpaired) electrons. The van der Waals surface area contributed by atoms with Crippen molar-refractivity contribution in [3.63, 3.8) is 0 Å². The normalized spacial score (nSPS) is 18.5. The van der Waals surface area contributed by atoms with E-state index in [9.17, 15) is 4.79 Å². The largest absolute Gasteiger partial charge is 0.420 e. The molecule has 4 aromatic rings. The quantitative estimate of drug-likeness (QED) is 0.353. The Labute approximate surface area is 216 Å². The van der Waals surface area contributed by atoms with Crippen LogP contribution in [0.15, 0.2) is 30.5 Å². The van der Waals surface area contributed by atoms with Gasteiger partial charge in [-0.15, -0.1) is 11.3 Å². The third kappa shape index (κ3) is 4.57. The number of halogens is 1. The lowest BCUT2D eigenvalue weighted by Gasteiger charge is -2.22. The van der Waals surface area contributed by atoms with Gasteiger partial charge in [-0.2, -0.15) is 4.98 Å². The van der Waals surface area contributed by atoms with Crippen molar-refractivity contribution in [3.8, 4) is 11.8 Å². The molecule has 1 atom stereocenters. The number of benzene rings is 1. The summed E-state index contributed by atoms with van der Waals surface area (Å²) in [5.41, 5.74) is 2.30. The van der Waals surface area contributed by atoms with Gasteiger partial charge in [0.2, 0.25) is 17.0 Å². The van der Waals surface area contributed by atoms with E-state index in [0.717, 1.165) is 39.5 Å². The highest BCUT2D eigenvalue weighted by Gasteiger charge is 2.25. The highest BCUT2D eigenvalue weighted by molar-refractivity contribution is 7.21. The van der Waals surface area contributed by atoms with Crippen molar-refractivity contribution in [1.29, 1.82) is 0 Å². The first kappa shape index (κ1) is 23.4. The van der Waals surface area contributed by atoms with Crippen LogP contribution in [0.1, 0.15) is 35.0 Å². The number of nitrogens with one attached hydrogen (secondary N) is 2. The second-order valence-corrected chi connectivity index (χ2v) is 10.3. The van der Waals surface area contributed by atoms with E-state index in [1.807, 2.05) is 25.1 Å². The summed E-state index contributed by atoms with van der Waals surface area (Å²) in [6.07, 6.45) is 3.45. The number of carbonyl (C=O) groups excluding carboxylic acids is 1. The molecule has 5 heterocycles. The molecular weight excluding hydrogens is 502 g/mol. The van der Waals surface area contributed by atoms with Crippen LogP contribution in [0.3, 0.4) is 0 Å². The molecule has 36 heavy (non-hydrogen) atoms. The number of rotatable bonds is 5. The molecule has 6 rings (SSSR count). The van der Waals surface area contributed by atoms with Gasteiger partial charge in [-0.05, 0) is 49.6 Å². The van der Waals surface area contributed by atoms with Crippen molar-refractivity contribution in [1.82, 2.24) is 20.3 Å². The summed E-state index contributed by atoms with van der Waals surface area (Å²) in [4.78, 5) is 26.5. The summed E-state index contributed by atoms with van der Waals surface area (Å²) in [5, 5.41) is 8.48. The molecule has 0 unspecified atom stereocenters.